The lowest BCUT2D eigenvalue weighted by Crippen LogP contribution is -2.45. The molecule has 1 rings (SSSR count). The molecule has 1 heterocycles. The maximum atomic E-state index is 5.87. The van der Waals surface area contributed by atoms with E-state index < -0.39 is 0 Å². The van der Waals surface area contributed by atoms with E-state index in [4.69, 9.17) is 4.74 Å². The second-order valence-corrected chi connectivity index (χ2v) is 6.24. The fourth-order valence-electron chi connectivity index (χ4n) is 1.80. The molecule has 1 aliphatic heterocycles. The van der Waals surface area contributed by atoms with Crippen molar-refractivity contribution in [3.63, 3.8) is 0 Å². The molecule has 12 heavy (non-hydrogen) atoms. The van der Waals surface area contributed by atoms with E-state index in [9.17, 15) is 0 Å². The van der Waals surface area contributed by atoms with Crippen molar-refractivity contribution in [1.29, 1.82) is 0 Å². The molecule has 0 aromatic rings. The highest BCUT2D eigenvalue weighted by Gasteiger charge is 2.33. The number of hydrogen-bond acceptors (Lipinski definition) is 2. The van der Waals surface area contributed by atoms with Crippen LogP contribution in [0.3, 0.4) is 0 Å². The van der Waals surface area contributed by atoms with Gasteiger partial charge in [-0.2, -0.15) is 12.6 Å². The maximum Gasteiger partial charge on any atom is 0.0598 e. The zero-order chi connectivity index (χ0) is 9.03. The number of ether oxygens (including phenoxy) is 1. The number of thiol groups is 1. The molecule has 0 saturated carbocycles. The maximum absolute atomic E-state index is 5.87. The van der Waals surface area contributed by atoms with Gasteiger partial charge in [0.25, 0.3) is 0 Å². The van der Waals surface area contributed by atoms with Gasteiger partial charge in [-0.25, -0.2) is 0 Å². The Kier molecular flexibility index (Phi) is 4.13. The zero-order valence-electron chi connectivity index (χ0n) is 8.18. The van der Waals surface area contributed by atoms with Crippen LogP contribution in [-0.2, 0) is 4.74 Å². The summed E-state index contributed by atoms with van der Waals surface area (Å²) in [7, 11) is 1.13. The van der Waals surface area contributed by atoms with E-state index in [2.05, 4.69) is 19.6 Å². The van der Waals surface area contributed by atoms with E-state index in [1.807, 2.05) is 0 Å². The van der Waals surface area contributed by atoms with Crippen LogP contribution in [-0.4, -0.2) is 27.3 Å². The van der Waals surface area contributed by atoms with Crippen LogP contribution >= 0.6 is 12.6 Å². The molecule has 1 nitrogen and oxygen atoms in total. The Morgan fingerprint density at radius 2 is 2.33 bits per heavy atom. The first kappa shape index (κ1) is 10.6. The monoisotopic (exact) mass is 204 g/mol. The highest BCUT2D eigenvalue weighted by atomic mass is 32.1. The van der Waals surface area contributed by atoms with Crippen molar-refractivity contribution in [3.05, 3.63) is 0 Å². The van der Waals surface area contributed by atoms with Gasteiger partial charge in [-0.15, -0.1) is 0 Å². The molecule has 0 aliphatic carbocycles. The first-order chi connectivity index (χ1) is 5.69. The van der Waals surface area contributed by atoms with Crippen molar-refractivity contribution in [3.8, 4) is 0 Å². The molecule has 72 valence electrons. The van der Waals surface area contributed by atoms with Gasteiger partial charge >= 0.3 is 0 Å². The normalized spacial score (nSPS) is 33.5. The smallest absolute Gasteiger partial charge is 0.0598 e. The van der Waals surface area contributed by atoms with Gasteiger partial charge in [0.05, 0.1) is 5.22 Å². The molecule has 1 fully saturated rings. The summed E-state index contributed by atoms with van der Waals surface area (Å²) in [6.07, 6.45) is 6.25. The van der Waals surface area contributed by atoms with Gasteiger partial charge in [-0.05, 0) is 25.7 Å². The Morgan fingerprint density at radius 3 is 2.83 bits per heavy atom. The molecule has 0 radical (unpaired) electrons. The third-order valence-electron chi connectivity index (χ3n) is 2.77. The first-order valence-corrected chi connectivity index (χ1v) is 6.52. The van der Waals surface area contributed by atoms with Crippen molar-refractivity contribution in [2.75, 3.05) is 6.61 Å². The highest BCUT2D eigenvalue weighted by Crippen LogP contribution is 2.30. The molecule has 0 amide bonds. The Bertz CT molecular complexity index is 134. The largest absolute Gasteiger partial charge is 0.378 e. The Labute approximate surface area is 84.1 Å². The molecular formula is C9H20OSSi. The van der Waals surface area contributed by atoms with Gasteiger partial charge in [-0.3, -0.25) is 0 Å². The Morgan fingerprint density at radius 1 is 1.58 bits per heavy atom. The summed E-state index contributed by atoms with van der Waals surface area (Å²) in [5.41, 5.74) is 0. The van der Waals surface area contributed by atoms with Crippen LogP contribution in [0.25, 0.3) is 0 Å². The van der Waals surface area contributed by atoms with Gasteiger partial charge in [-0.1, -0.05) is 13.3 Å². The average Bonchev–Trinajstić information content (AvgIpc) is 2.06. The average molecular weight is 204 g/mol. The van der Waals surface area contributed by atoms with Crippen LogP contribution in [0.15, 0.2) is 0 Å². The predicted molar refractivity (Wildman–Crippen MR) is 60.2 cm³/mol. The molecule has 3 heteroatoms. The van der Waals surface area contributed by atoms with Crippen molar-refractivity contribution >= 4 is 22.9 Å². The van der Waals surface area contributed by atoms with Crippen LogP contribution in [0, 0.1) is 0 Å². The van der Waals surface area contributed by atoms with Crippen LogP contribution in [0.5, 0.6) is 0 Å². The standard InChI is InChI=1S/C9H20OSSi/c1-2-5-8(11)9(12)6-3-4-7-10-9/h8,11H,2-7H2,1,12H3. The van der Waals surface area contributed by atoms with E-state index in [1.54, 1.807) is 0 Å². The summed E-state index contributed by atoms with van der Waals surface area (Å²) in [6, 6.07) is 0. The summed E-state index contributed by atoms with van der Waals surface area (Å²) in [5.74, 6) is 0. The van der Waals surface area contributed by atoms with Crippen LogP contribution in [0.2, 0.25) is 0 Å². The molecule has 0 N–H and O–H groups in total. The van der Waals surface area contributed by atoms with Gasteiger partial charge < -0.3 is 4.74 Å². The molecular weight excluding hydrogens is 184 g/mol. The van der Waals surface area contributed by atoms with Crippen molar-refractivity contribution in [2.45, 2.75) is 49.5 Å². The molecule has 0 aromatic carbocycles. The van der Waals surface area contributed by atoms with E-state index in [0.29, 0.717) is 5.25 Å². The third kappa shape index (κ3) is 2.51. The SMILES string of the molecule is CCCC(S)C1([SiH3])CCCCO1. The topological polar surface area (TPSA) is 9.23 Å². The minimum atomic E-state index is 0.192. The quantitative estimate of drug-likeness (QED) is 0.539. The third-order valence-corrected chi connectivity index (χ3v) is 5.54. The Hall–Kier alpha value is 0.527. The summed E-state index contributed by atoms with van der Waals surface area (Å²) >= 11 is 4.65. The second-order valence-electron chi connectivity index (χ2n) is 3.92. The summed E-state index contributed by atoms with van der Waals surface area (Å²) < 4.78 is 5.87. The first-order valence-electron chi connectivity index (χ1n) is 5.01. The van der Waals surface area contributed by atoms with E-state index >= 15 is 0 Å². The van der Waals surface area contributed by atoms with Crippen LogP contribution in [0.1, 0.15) is 39.0 Å². The van der Waals surface area contributed by atoms with Crippen molar-refractivity contribution in [2.24, 2.45) is 0 Å². The molecule has 0 aromatic heterocycles. The van der Waals surface area contributed by atoms with Crippen molar-refractivity contribution in [1.82, 2.24) is 0 Å². The summed E-state index contributed by atoms with van der Waals surface area (Å²) in [6.45, 7) is 3.18. The second kappa shape index (κ2) is 4.68. The van der Waals surface area contributed by atoms with Gasteiger partial charge in [0.1, 0.15) is 0 Å². The lowest BCUT2D eigenvalue weighted by atomic mass is 10.0. The molecule has 2 unspecified atom stereocenters. The lowest BCUT2D eigenvalue weighted by Gasteiger charge is -2.38. The minimum Gasteiger partial charge on any atom is -0.378 e. The predicted octanol–water partition coefficient (Wildman–Crippen LogP) is 1.35. The zero-order valence-corrected chi connectivity index (χ0v) is 11.1. The van der Waals surface area contributed by atoms with E-state index in [0.717, 1.165) is 16.8 Å². The molecule has 0 spiro atoms. The van der Waals surface area contributed by atoms with Crippen LogP contribution in [0.4, 0.5) is 0 Å². The lowest BCUT2D eigenvalue weighted by molar-refractivity contribution is -0.0192. The van der Waals surface area contributed by atoms with Crippen molar-refractivity contribution < 1.29 is 4.74 Å². The number of hydrogen-bond donors (Lipinski definition) is 1. The fourth-order valence-corrected chi connectivity index (χ4v) is 3.11. The van der Waals surface area contributed by atoms with Gasteiger partial charge in [0.2, 0.25) is 0 Å². The highest BCUT2D eigenvalue weighted by molar-refractivity contribution is 7.81. The summed E-state index contributed by atoms with van der Waals surface area (Å²) in [4.78, 5) is 0. The molecule has 1 saturated heterocycles. The molecule has 1 aliphatic rings. The van der Waals surface area contributed by atoms with Gasteiger partial charge in [0.15, 0.2) is 0 Å². The summed E-state index contributed by atoms with van der Waals surface area (Å²) in [5, 5.41) is 0.673. The number of rotatable bonds is 3. The molecule has 2 atom stereocenters. The van der Waals surface area contributed by atoms with Gasteiger partial charge in [0, 0.05) is 22.1 Å². The fraction of sp³-hybridized carbons (Fsp3) is 1.00. The van der Waals surface area contributed by atoms with E-state index in [1.165, 1.54) is 32.1 Å². The Balaban J connectivity index is 2.44. The molecule has 0 bridgehead atoms. The van der Waals surface area contributed by atoms with E-state index in [-0.39, 0.29) is 5.22 Å². The van der Waals surface area contributed by atoms with Crippen LogP contribution < -0.4 is 0 Å². The minimum absolute atomic E-state index is 0.192.